The predicted molar refractivity (Wildman–Crippen MR) is 82.4 cm³/mol. The van der Waals surface area contributed by atoms with Crippen LogP contribution in [0.4, 0.5) is 0 Å². The summed E-state index contributed by atoms with van der Waals surface area (Å²) in [5.41, 5.74) is 3.11. The molecule has 1 N–H and O–H groups in total. The first-order valence-corrected chi connectivity index (χ1v) is 7.89. The van der Waals surface area contributed by atoms with Crippen LogP contribution >= 0.6 is 0 Å². The molecule has 5 heteroatoms. The highest BCUT2D eigenvalue weighted by Gasteiger charge is 2.46. The summed E-state index contributed by atoms with van der Waals surface area (Å²) in [6, 6.07) is 0.265. The molecule has 0 amide bonds. The van der Waals surface area contributed by atoms with Crippen LogP contribution in [0.25, 0.3) is 0 Å². The normalized spacial score (nSPS) is 25.3. The maximum atomic E-state index is 12.3. The van der Waals surface area contributed by atoms with Gasteiger partial charge in [-0.05, 0) is 59.1 Å². The van der Waals surface area contributed by atoms with Gasteiger partial charge in [-0.15, -0.1) is 0 Å². The molecule has 0 saturated heterocycles. The van der Waals surface area contributed by atoms with Gasteiger partial charge < -0.3 is 10.1 Å². The Morgan fingerprint density at radius 2 is 2.19 bits per heavy atom. The monoisotopic (exact) mass is 293 g/mol. The zero-order valence-electron chi connectivity index (χ0n) is 13.8. The fourth-order valence-electron chi connectivity index (χ4n) is 3.58. The summed E-state index contributed by atoms with van der Waals surface area (Å²) in [5.74, 6) is -0.132. The molecule has 0 spiro atoms. The van der Waals surface area contributed by atoms with Crippen LogP contribution in [-0.2, 0) is 16.0 Å². The molecule has 0 aliphatic heterocycles. The number of rotatable bonds is 5. The van der Waals surface area contributed by atoms with Crippen molar-refractivity contribution < 1.29 is 9.53 Å². The van der Waals surface area contributed by atoms with Gasteiger partial charge >= 0.3 is 5.97 Å². The topological polar surface area (TPSA) is 56.1 Å². The molecule has 0 bridgehead atoms. The van der Waals surface area contributed by atoms with Crippen molar-refractivity contribution in [1.82, 2.24) is 15.1 Å². The quantitative estimate of drug-likeness (QED) is 0.846. The van der Waals surface area contributed by atoms with E-state index in [4.69, 9.17) is 9.84 Å². The average Bonchev–Trinajstić information content (AvgIpc) is 3.01. The minimum atomic E-state index is -0.556. The molecule has 1 aromatic rings. The second-order valence-corrected chi connectivity index (χ2v) is 5.90. The molecule has 21 heavy (non-hydrogen) atoms. The van der Waals surface area contributed by atoms with Crippen molar-refractivity contribution in [2.75, 3.05) is 13.7 Å². The van der Waals surface area contributed by atoms with E-state index in [1.165, 1.54) is 11.3 Å². The third-order valence-corrected chi connectivity index (χ3v) is 4.81. The lowest BCUT2D eigenvalue weighted by atomic mass is 9.98. The largest absolute Gasteiger partial charge is 0.465 e. The average molecular weight is 293 g/mol. The zero-order chi connectivity index (χ0) is 15.6. The number of hydrogen-bond acceptors (Lipinski definition) is 4. The lowest BCUT2D eigenvalue weighted by Crippen LogP contribution is -2.49. The van der Waals surface area contributed by atoms with Gasteiger partial charge in [-0.2, -0.15) is 5.10 Å². The molecule has 2 unspecified atom stereocenters. The molecule has 1 saturated carbocycles. The maximum absolute atomic E-state index is 12.3. The van der Waals surface area contributed by atoms with Crippen molar-refractivity contribution in [3.63, 3.8) is 0 Å². The van der Waals surface area contributed by atoms with Crippen molar-refractivity contribution in [1.29, 1.82) is 0 Å². The van der Waals surface area contributed by atoms with Crippen LogP contribution in [0.15, 0.2) is 0 Å². The standard InChI is InChI=1S/C16H27N3O2/c1-6-14-11(3)18-19(12(14)4)13-8-9-16(10-13,17-5)15(20)21-7-2/h13,17H,6-10H2,1-5H3. The Hall–Kier alpha value is -1.36. The van der Waals surface area contributed by atoms with E-state index < -0.39 is 5.54 Å². The lowest BCUT2D eigenvalue weighted by Gasteiger charge is -2.26. The molecule has 118 valence electrons. The van der Waals surface area contributed by atoms with Gasteiger partial charge in [-0.1, -0.05) is 6.92 Å². The van der Waals surface area contributed by atoms with Crippen LogP contribution in [0, 0.1) is 13.8 Å². The van der Waals surface area contributed by atoms with Crippen molar-refractivity contribution in [3.05, 3.63) is 17.0 Å². The Labute approximate surface area is 127 Å². The highest BCUT2D eigenvalue weighted by Crippen LogP contribution is 2.39. The minimum absolute atomic E-state index is 0.132. The summed E-state index contributed by atoms with van der Waals surface area (Å²) in [4.78, 5) is 12.3. The van der Waals surface area contributed by atoms with E-state index in [0.29, 0.717) is 6.61 Å². The summed E-state index contributed by atoms with van der Waals surface area (Å²) >= 11 is 0. The number of carbonyl (C=O) groups is 1. The first-order valence-electron chi connectivity index (χ1n) is 7.89. The molecule has 1 aromatic heterocycles. The SMILES string of the molecule is CCOC(=O)C1(NC)CCC(n2nc(C)c(CC)c2C)C1. The number of aryl methyl sites for hydroxylation is 1. The summed E-state index contributed by atoms with van der Waals surface area (Å²) < 4.78 is 7.37. The van der Waals surface area contributed by atoms with Gasteiger partial charge in [0.25, 0.3) is 0 Å². The number of likely N-dealkylation sites (N-methyl/N-ethyl adjacent to an activating group) is 1. The molecule has 1 aliphatic rings. The van der Waals surface area contributed by atoms with E-state index in [2.05, 4.69) is 30.8 Å². The highest BCUT2D eigenvalue weighted by atomic mass is 16.5. The smallest absolute Gasteiger partial charge is 0.326 e. The highest BCUT2D eigenvalue weighted by molar-refractivity contribution is 5.81. The Balaban J connectivity index is 2.24. The molecular formula is C16H27N3O2. The third-order valence-electron chi connectivity index (χ3n) is 4.81. The van der Waals surface area contributed by atoms with E-state index in [0.717, 1.165) is 31.4 Å². The van der Waals surface area contributed by atoms with Gasteiger partial charge in [0.1, 0.15) is 5.54 Å². The van der Waals surface area contributed by atoms with Gasteiger partial charge in [-0.25, -0.2) is 0 Å². The summed E-state index contributed by atoms with van der Waals surface area (Å²) in [6.45, 7) is 8.62. The van der Waals surface area contributed by atoms with E-state index in [-0.39, 0.29) is 12.0 Å². The van der Waals surface area contributed by atoms with E-state index >= 15 is 0 Å². The van der Waals surface area contributed by atoms with Crippen LogP contribution in [0.2, 0.25) is 0 Å². The lowest BCUT2D eigenvalue weighted by molar-refractivity contribution is -0.150. The molecular weight excluding hydrogens is 266 g/mol. The van der Waals surface area contributed by atoms with Crippen LogP contribution in [0.3, 0.4) is 0 Å². The number of ether oxygens (including phenoxy) is 1. The van der Waals surface area contributed by atoms with Gasteiger partial charge in [0.05, 0.1) is 18.3 Å². The van der Waals surface area contributed by atoms with Crippen LogP contribution in [-0.4, -0.2) is 34.9 Å². The number of nitrogens with zero attached hydrogens (tertiary/aromatic N) is 2. The van der Waals surface area contributed by atoms with Crippen LogP contribution in [0.1, 0.15) is 56.1 Å². The van der Waals surface area contributed by atoms with Gasteiger partial charge in [-0.3, -0.25) is 9.48 Å². The van der Waals surface area contributed by atoms with Crippen molar-refractivity contribution >= 4 is 5.97 Å². The summed E-state index contributed by atoms with van der Waals surface area (Å²) in [5, 5.41) is 7.91. The molecule has 1 fully saturated rings. The Kier molecular flexibility index (Phi) is 4.71. The number of nitrogens with one attached hydrogen (secondary N) is 1. The fraction of sp³-hybridized carbons (Fsp3) is 0.750. The predicted octanol–water partition coefficient (Wildman–Crippen LogP) is 2.31. The molecule has 2 atom stereocenters. The Morgan fingerprint density at radius 1 is 1.48 bits per heavy atom. The second kappa shape index (κ2) is 6.18. The van der Waals surface area contributed by atoms with Crippen molar-refractivity contribution in [2.24, 2.45) is 0 Å². The molecule has 1 aliphatic carbocycles. The fourth-order valence-corrected chi connectivity index (χ4v) is 3.58. The van der Waals surface area contributed by atoms with E-state index in [9.17, 15) is 4.79 Å². The minimum Gasteiger partial charge on any atom is -0.465 e. The number of esters is 1. The van der Waals surface area contributed by atoms with Crippen molar-refractivity contribution in [3.8, 4) is 0 Å². The number of aromatic nitrogens is 2. The third kappa shape index (κ3) is 2.71. The number of carbonyl (C=O) groups excluding carboxylic acids is 1. The Bertz CT molecular complexity index is 524. The second-order valence-electron chi connectivity index (χ2n) is 5.90. The molecule has 1 heterocycles. The molecule has 2 rings (SSSR count). The van der Waals surface area contributed by atoms with Gasteiger partial charge in [0.15, 0.2) is 0 Å². The number of hydrogen-bond donors (Lipinski definition) is 1. The first-order chi connectivity index (χ1) is 9.99. The Morgan fingerprint density at radius 3 is 2.71 bits per heavy atom. The van der Waals surface area contributed by atoms with Gasteiger partial charge in [0.2, 0.25) is 0 Å². The van der Waals surface area contributed by atoms with Gasteiger partial charge in [0, 0.05) is 5.69 Å². The molecule has 5 nitrogen and oxygen atoms in total. The first kappa shape index (κ1) is 16.0. The van der Waals surface area contributed by atoms with Crippen LogP contribution in [0.5, 0.6) is 0 Å². The maximum Gasteiger partial charge on any atom is 0.326 e. The molecule has 0 aromatic carbocycles. The summed E-state index contributed by atoms with van der Waals surface area (Å²) in [7, 11) is 1.85. The van der Waals surface area contributed by atoms with E-state index in [1.807, 2.05) is 14.0 Å². The van der Waals surface area contributed by atoms with E-state index in [1.54, 1.807) is 0 Å². The zero-order valence-corrected chi connectivity index (χ0v) is 13.8. The molecule has 0 radical (unpaired) electrons. The summed E-state index contributed by atoms with van der Waals surface area (Å²) in [6.07, 6.45) is 3.49. The van der Waals surface area contributed by atoms with Crippen LogP contribution < -0.4 is 5.32 Å². The van der Waals surface area contributed by atoms with Crippen molar-refractivity contribution in [2.45, 2.75) is 65.0 Å².